The molecule has 20 heavy (non-hydrogen) atoms. The lowest BCUT2D eigenvalue weighted by atomic mass is 10.1. The largest absolute Gasteiger partial charge is 0.480 e. The molecule has 1 aliphatic rings. The molecule has 1 heterocycles. The number of carboxylic acids is 1. The maximum atomic E-state index is 12.2. The van der Waals surface area contributed by atoms with Crippen molar-refractivity contribution < 1.29 is 19.4 Å². The summed E-state index contributed by atoms with van der Waals surface area (Å²) in [5.41, 5.74) is 1.54. The standard InChI is InChI=1S/C14H18N2O4/c1-2-20-8-7-15-14(19)16-11-6-4-3-5-10(11)9-12(16)13(17)18/h3-6,12H,2,7-9H2,1H3,(H,15,19)(H,17,18)/t12-/m0/s1. The van der Waals surface area contributed by atoms with Crippen molar-refractivity contribution >= 4 is 17.7 Å². The Kier molecular flexibility index (Phi) is 4.57. The van der Waals surface area contributed by atoms with Gasteiger partial charge < -0.3 is 15.2 Å². The van der Waals surface area contributed by atoms with E-state index < -0.39 is 18.0 Å². The second kappa shape index (κ2) is 6.38. The van der Waals surface area contributed by atoms with Crippen molar-refractivity contribution in [3.63, 3.8) is 0 Å². The smallest absolute Gasteiger partial charge is 0.327 e. The fraction of sp³-hybridized carbons (Fsp3) is 0.429. The number of para-hydroxylation sites is 1. The average molecular weight is 278 g/mol. The van der Waals surface area contributed by atoms with Gasteiger partial charge in [0.2, 0.25) is 0 Å². The SMILES string of the molecule is CCOCCNC(=O)N1c2ccccc2C[C@H]1C(=O)O. The molecule has 0 saturated carbocycles. The van der Waals surface area contributed by atoms with Crippen LogP contribution < -0.4 is 10.2 Å². The van der Waals surface area contributed by atoms with Crippen LogP contribution in [0.1, 0.15) is 12.5 Å². The third-order valence-electron chi connectivity index (χ3n) is 3.21. The lowest BCUT2D eigenvalue weighted by Gasteiger charge is -2.23. The van der Waals surface area contributed by atoms with Crippen LogP contribution in [0.25, 0.3) is 0 Å². The molecule has 2 rings (SSSR count). The number of benzene rings is 1. The molecule has 1 atom stereocenters. The highest BCUT2D eigenvalue weighted by atomic mass is 16.5. The van der Waals surface area contributed by atoms with Gasteiger partial charge in [0.05, 0.1) is 6.61 Å². The Bertz CT molecular complexity index is 504. The molecule has 0 fully saturated rings. The van der Waals surface area contributed by atoms with Crippen LogP contribution in [0.3, 0.4) is 0 Å². The zero-order chi connectivity index (χ0) is 14.5. The highest BCUT2D eigenvalue weighted by Crippen LogP contribution is 2.31. The summed E-state index contributed by atoms with van der Waals surface area (Å²) in [5, 5.41) is 12.0. The Morgan fingerprint density at radius 2 is 2.20 bits per heavy atom. The predicted octanol–water partition coefficient (Wildman–Crippen LogP) is 1.25. The number of aliphatic carboxylic acids is 1. The van der Waals surface area contributed by atoms with E-state index >= 15 is 0 Å². The Morgan fingerprint density at radius 1 is 1.45 bits per heavy atom. The third kappa shape index (κ3) is 2.91. The number of nitrogens with one attached hydrogen (secondary N) is 1. The number of fused-ring (bicyclic) bond motifs is 1. The number of amides is 2. The minimum Gasteiger partial charge on any atom is -0.480 e. The molecule has 0 unspecified atom stereocenters. The van der Waals surface area contributed by atoms with Crippen LogP contribution in [0.4, 0.5) is 10.5 Å². The molecule has 6 nitrogen and oxygen atoms in total. The minimum absolute atomic E-state index is 0.338. The first-order valence-electron chi connectivity index (χ1n) is 6.60. The predicted molar refractivity (Wildman–Crippen MR) is 73.9 cm³/mol. The van der Waals surface area contributed by atoms with Crippen LogP contribution >= 0.6 is 0 Å². The normalized spacial score (nSPS) is 16.9. The Labute approximate surface area is 117 Å². The average Bonchev–Trinajstić information content (AvgIpc) is 2.83. The molecule has 0 aromatic heterocycles. The number of urea groups is 1. The molecular formula is C14H18N2O4. The zero-order valence-corrected chi connectivity index (χ0v) is 11.3. The summed E-state index contributed by atoms with van der Waals surface area (Å²) >= 11 is 0. The maximum absolute atomic E-state index is 12.2. The molecule has 1 aromatic carbocycles. The van der Waals surface area contributed by atoms with Crippen LogP contribution in [0.5, 0.6) is 0 Å². The number of anilines is 1. The van der Waals surface area contributed by atoms with Gasteiger partial charge in [0.1, 0.15) is 6.04 Å². The van der Waals surface area contributed by atoms with Crippen molar-refractivity contribution in [2.24, 2.45) is 0 Å². The van der Waals surface area contributed by atoms with E-state index in [9.17, 15) is 14.7 Å². The van der Waals surface area contributed by atoms with Gasteiger partial charge in [0.25, 0.3) is 0 Å². The van der Waals surface area contributed by atoms with Crippen molar-refractivity contribution in [3.05, 3.63) is 29.8 Å². The van der Waals surface area contributed by atoms with Crippen molar-refractivity contribution in [2.75, 3.05) is 24.7 Å². The molecule has 2 amide bonds. The van der Waals surface area contributed by atoms with Gasteiger partial charge in [-0.15, -0.1) is 0 Å². The summed E-state index contributed by atoms with van der Waals surface area (Å²) in [6.45, 7) is 3.23. The van der Waals surface area contributed by atoms with E-state index in [1.807, 2.05) is 19.1 Å². The molecule has 0 spiro atoms. The fourth-order valence-corrected chi connectivity index (χ4v) is 2.29. The molecule has 0 bridgehead atoms. The number of carboxylic acid groups (broad SMARTS) is 1. The molecule has 0 aliphatic carbocycles. The second-order valence-corrected chi connectivity index (χ2v) is 4.49. The first-order chi connectivity index (χ1) is 9.65. The molecular weight excluding hydrogens is 260 g/mol. The van der Waals surface area contributed by atoms with Gasteiger partial charge in [0.15, 0.2) is 0 Å². The van der Waals surface area contributed by atoms with E-state index in [0.717, 1.165) is 5.56 Å². The first-order valence-corrected chi connectivity index (χ1v) is 6.60. The molecule has 1 aliphatic heterocycles. The number of hydrogen-bond donors (Lipinski definition) is 2. The zero-order valence-electron chi connectivity index (χ0n) is 11.3. The van der Waals surface area contributed by atoms with Gasteiger partial charge in [-0.3, -0.25) is 4.90 Å². The topological polar surface area (TPSA) is 78.9 Å². The van der Waals surface area contributed by atoms with Gasteiger partial charge >= 0.3 is 12.0 Å². The number of hydrogen-bond acceptors (Lipinski definition) is 3. The van der Waals surface area contributed by atoms with E-state index in [1.165, 1.54) is 4.90 Å². The van der Waals surface area contributed by atoms with Gasteiger partial charge in [-0.05, 0) is 18.6 Å². The summed E-state index contributed by atoms with van der Waals surface area (Å²) in [6.07, 6.45) is 0.338. The minimum atomic E-state index is -0.999. The van der Waals surface area contributed by atoms with Crippen LogP contribution in [0.15, 0.2) is 24.3 Å². The van der Waals surface area contributed by atoms with Crippen LogP contribution in [-0.4, -0.2) is 42.9 Å². The summed E-state index contributed by atoms with van der Waals surface area (Å²) in [6, 6.07) is 6.00. The maximum Gasteiger partial charge on any atom is 0.327 e. The molecule has 108 valence electrons. The van der Waals surface area contributed by atoms with E-state index in [0.29, 0.717) is 31.9 Å². The number of rotatable bonds is 5. The number of ether oxygens (including phenoxy) is 1. The monoisotopic (exact) mass is 278 g/mol. The number of nitrogens with zero attached hydrogens (tertiary/aromatic N) is 1. The highest BCUT2D eigenvalue weighted by molar-refractivity contribution is 6.01. The van der Waals surface area contributed by atoms with Gasteiger partial charge in [0, 0.05) is 25.3 Å². The van der Waals surface area contributed by atoms with Gasteiger partial charge in [-0.1, -0.05) is 18.2 Å². The second-order valence-electron chi connectivity index (χ2n) is 4.49. The Hall–Kier alpha value is -2.08. The Morgan fingerprint density at radius 3 is 2.90 bits per heavy atom. The number of carbonyl (C=O) groups is 2. The molecule has 6 heteroatoms. The van der Waals surface area contributed by atoms with Gasteiger partial charge in [-0.2, -0.15) is 0 Å². The van der Waals surface area contributed by atoms with Crippen LogP contribution in [0.2, 0.25) is 0 Å². The first kappa shape index (κ1) is 14.3. The highest BCUT2D eigenvalue weighted by Gasteiger charge is 2.38. The van der Waals surface area contributed by atoms with E-state index in [2.05, 4.69) is 5.32 Å². The van der Waals surface area contributed by atoms with Gasteiger partial charge in [-0.25, -0.2) is 9.59 Å². The number of carbonyl (C=O) groups excluding carboxylic acids is 1. The van der Waals surface area contributed by atoms with E-state index in [-0.39, 0.29) is 0 Å². The van der Waals surface area contributed by atoms with Crippen molar-refractivity contribution in [3.8, 4) is 0 Å². The quantitative estimate of drug-likeness (QED) is 0.794. The van der Waals surface area contributed by atoms with Crippen molar-refractivity contribution in [1.82, 2.24) is 5.32 Å². The van der Waals surface area contributed by atoms with Crippen LogP contribution in [-0.2, 0) is 16.0 Å². The summed E-state index contributed by atoms with van der Waals surface area (Å²) in [7, 11) is 0. The summed E-state index contributed by atoms with van der Waals surface area (Å²) < 4.78 is 5.14. The fourth-order valence-electron chi connectivity index (χ4n) is 2.29. The molecule has 0 radical (unpaired) electrons. The van der Waals surface area contributed by atoms with Crippen molar-refractivity contribution in [2.45, 2.75) is 19.4 Å². The van der Waals surface area contributed by atoms with Crippen LogP contribution in [0, 0.1) is 0 Å². The lowest BCUT2D eigenvalue weighted by molar-refractivity contribution is -0.138. The van der Waals surface area contributed by atoms with E-state index in [4.69, 9.17) is 4.74 Å². The van der Waals surface area contributed by atoms with E-state index in [1.54, 1.807) is 12.1 Å². The Balaban J connectivity index is 2.10. The third-order valence-corrected chi connectivity index (χ3v) is 3.21. The molecule has 2 N–H and O–H groups in total. The summed E-state index contributed by atoms with van der Waals surface area (Å²) in [4.78, 5) is 24.8. The lowest BCUT2D eigenvalue weighted by Crippen LogP contribution is -2.48. The van der Waals surface area contributed by atoms with Crippen molar-refractivity contribution in [1.29, 1.82) is 0 Å². The summed E-state index contributed by atoms with van der Waals surface area (Å²) in [5.74, 6) is -0.999. The molecule has 1 aromatic rings. The molecule has 0 saturated heterocycles.